The molecule has 0 aromatic heterocycles. The summed E-state index contributed by atoms with van der Waals surface area (Å²) in [5.41, 5.74) is 9.61. The quantitative estimate of drug-likeness (QED) is 0.758. The maximum atomic E-state index is 12.1. The largest absolute Gasteiger partial charge is 0.463 e. The number of carbonyl (C=O) groups excluding carboxylic acids is 3. The average molecular weight is 368 g/mol. The Hall–Kier alpha value is -3.35. The molecule has 3 N–H and O–H groups in total. The first-order chi connectivity index (χ1) is 13.0. The first-order valence-corrected chi connectivity index (χ1v) is 8.51. The van der Waals surface area contributed by atoms with Crippen molar-refractivity contribution in [1.29, 1.82) is 0 Å². The number of ether oxygens (including phenoxy) is 2. The van der Waals surface area contributed by atoms with E-state index in [0.717, 1.165) is 22.3 Å². The number of esters is 1. The predicted molar refractivity (Wildman–Crippen MR) is 97.8 cm³/mol. The number of fused-ring (bicyclic) bond motifs is 3. The second-order valence-electron chi connectivity index (χ2n) is 6.23. The van der Waals surface area contributed by atoms with Crippen LogP contribution in [0.3, 0.4) is 0 Å². The Morgan fingerprint density at radius 3 is 2.07 bits per heavy atom. The minimum absolute atomic E-state index is 0.0938. The van der Waals surface area contributed by atoms with Crippen molar-refractivity contribution in [1.82, 2.24) is 5.32 Å². The van der Waals surface area contributed by atoms with Gasteiger partial charge in [0.15, 0.2) is 0 Å². The van der Waals surface area contributed by atoms with Gasteiger partial charge in [0.25, 0.3) is 0 Å². The van der Waals surface area contributed by atoms with Crippen LogP contribution in [0.1, 0.15) is 24.0 Å². The molecule has 140 valence electrons. The number of hydrogen-bond acceptors (Lipinski definition) is 5. The van der Waals surface area contributed by atoms with Gasteiger partial charge < -0.3 is 20.5 Å². The summed E-state index contributed by atoms with van der Waals surface area (Å²) < 4.78 is 10.1. The summed E-state index contributed by atoms with van der Waals surface area (Å²) in [5, 5.41) is 2.33. The van der Waals surface area contributed by atoms with E-state index in [1.807, 2.05) is 48.5 Å². The van der Waals surface area contributed by atoms with E-state index in [4.69, 9.17) is 15.2 Å². The Labute approximate surface area is 156 Å². The molecule has 1 aliphatic carbocycles. The fraction of sp³-hybridized carbons (Fsp3) is 0.250. The highest BCUT2D eigenvalue weighted by Crippen LogP contribution is 2.44. The van der Waals surface area contributed by atoms with Crippen LogP contribution >= 0.6 is 0 Å². The van der Waals surface area contributed by atoms with Crippen LogP contribution in [0.2, 0.25) is 0 Å². The summed E-state index contributed by atoms with van der Waals surface area (Å²) >= 11 is 0. The predicted octanol–water partition coefficient (Wildman–Crippen LogP) is 1.94. The molecule has 7 heteroatoms. The Kier molecular flexibility index (Phi) is 5.40. The van der Waals surface area contributed by atoms with Crippen molar-refractivity contribution in [3.05, 3.63) is 59.7 Å². The van der Waals surface area contributed by atoms with Gasteiger partial charge in [-0.2, -0.15) is 0 Å². The number of carbonyl (C=O) groups is 3. The zero-order valence-corrected chi connectivity index (χ0v) is 14.8. The molecule has 0 unspecified atom stereocenters. The molecule has 3 rings (SSSR count). The molecular weight excluding hydrogens is 348 g/mol. The van der Waals surface area contributed by atoms with Crippen LogP contribution < -0.4 is 11.1 Å². The number of nitrogens with one attached hydrogen (secondary N) is 1. The number of hydrogen-bond donors (Lipinski definition) is 2. The summed E-state index contributed by atoms with van der Waals surface area (Å²) in [6, 6.07) is 14.8. The molecule has 0 radical (unpaired) electrons. The number of alkyl carbamates (subject to hydrolysis) is 1. The van der Waals surface area contributed by atoms with Crippen LogP contribution in [-0.4, -0.2) is 37.2 Å². The van der Waals surface area contributed by atoms with E-state index in [1.165, 1.54) is 6.92 Å². The lowest BCUT2D eigenvalue weighted by atomic mass is 9.98. The first kappa shape index (κ1) is 18.4. The van der Waals surface area contributed by atoms with Gasteiger partial charge in [0, 0.05) is 12.8 Å². The Bertz CT molecular complexity index is 835. The summed E-state index contributed by atoms with van der Waals surface area (Å²) in [6.45, 7) is 0.971. The summed E-state index contributed by atoms with van der Waals surface area (Å²) in [7, 11) is 0. The molecular formula is C20H20N2O5. The zero-order chi connectivity index (χ0) is 19.4. The van der Waals surface area contributed by atoms with E-state index in [-0.39, 0.29) is 19.1 Å². The van der Waals surface area contributed by atoms with Crippen LogP contribution in [0.5, 0.6) is 0 Å². The molecule has 27 heavy (non-hydrogen) atoms. The lowest BCUT2D eigenvalue weighted by Gasteiger charge is -2.17. The maximum absolute atomic E-state index is 12.1. The number of rotatable bonds is 6. The maximum Gasteiger partial charge on any atom is 0.407 e. The molecule has 1 atom stereocenters. The monoisotopic (exact) mass is 368 g/mol. The van der Waals surface area contributed by atoms with Gasteiger partial charge in [-0.1, -0.05) is 48.5 Å². The SMILES string of the molecule is CC(=O)OC[C@H](NC(=O)OCC1c2ccccc2-c2ccccc21)C(N)=O. The number of nitrogens with two attached hydrogens (primary N) is 1. The lowest BCUT2D eigenvalue weighted by Crippen LogP contribution is -2.48. The van der Waals surface area contributed by atoms with Crippen molar-refractivity contribution in [3.63, 3.8) is 0 Å². The summed E-state index contributed by atoms with van der Waals surface area (Å²) in [5.74, 6) is -1.48. The molecule has 2 aromatic carbocycles. The van der Waals surface area contributed by atoms with Crippen molar-refractivity contribution in [2.45, 2.75) is 18.9 Å². The number of benzene rings is 2. The molecule has 0 spiro atoms. The molecule has 0 fully saturated rings. The Morgan fingerprint density at radius 1 is 1.00 bits per heavy atom. The van der Waals surface area contributed by atoms with E-state index < -0.39 is 24.0 Å². The highest BCUT2D eigenvalue weighted by Gasteiger charge is 2.29. The minimum Gasteiger partial charge on any atom is -0.463 e. The second kappa shape index (κ2) is 7.90. The fourth-order valence-electron chi connectivity index (χ4n) is 3.18. The summed E-state index contributed by atoms with van der Waals surface area (Å²) in [6.07, 6.45) is -0.798. The van der Waals surface area contributed by atoms with Crippen molar-refractivity contribution < 1.29 is 23.9 Å². The van der Waals surface area contributed by atoms with Crippen molar-refractivity contribution in [2.24, 2.45) is 5.73 Å². The Morgan fingerprint density at radius 2 is 1.56 bits per heavy atom. The Balaban J connectivity index is 1.67. The van der Waals surface area contributed by atoms with E-state index in [2.05, 4.69) is 5.32 Å². The molecule has 7 nitrogen and oxygen atoms in total. The molecule has 0 bridgehead atoms. The third kappa shape index (κ3) is 4.08. The standard InChI is InChI=1S/C20H20N2O5/c1-12(23)26-11-18(19(21)24)22-20(25)27-10-17-15-8-4-2-6-13(15)14-7-3-5-9-16(14)17/h2-9,17-18H,10-11H2,1H3,(H2,21,24)(H,22,25)/t18-/m0/s1. The first-order valence-electron chi connectivity index (χ1n) is 8.51. The van der Waals surface area contributed by atoms with Crippen LogP contribution in [0.15, 0.2) is 48.5 Å². The van der Waals surface area contributed by atoms with Crippen LogP contribution in [0.25, 0.3) is 11.1 Å². The summed E-state index contributed by atoms with van der Waals surface area (Å²) in [4.78, 5) is 34.4. The van der Waals surface area contributed by atoms with E-state index in [1.54, 1.807) is 0 Å². The van der Waals surface area contributed by atoms with Crippen molar-refractivity contribution in [2.75, 3.05) is 13.2 Å². The molecule has 0 heterocycles. The average Bonchev–Trinajstić information content (AvgIpc) is 2.97. The number of amides is 2. The van der Waals surface area contributed by atoms with Gasteiger partial charge in [-0.15, -0.1) is 0 Å². The molecule has 0 saturated heterocycles. The van der Waals surface area contributed by atoms with Gasteiger partial charge in [0.2, 0.25) is 5.91 Å². The smallest absolute Gasteiger partial charge is 0.407 e. The van der Waals surface area contributed by atoms with Crippen molar-refractivity contribution in [3.8, 4) is 11.1 Å². The minimum atomic E-state index is -1.15. The zero-order valence-electron chi connectivity index (χ0n) is 14.8. The third-order valence-corrected chi connectivity index (χ3v) is 4.43. The molecule has 0 saturated carbocycles. The van der Waals surface area contributed by atoms with Crippen LogP contribution in [0.4, 0.5) is 4.79 Å². The van der Waals surface area contributed by atoms with Gasteiger partial charge in [-0.3, -0.25) is 9.59 Å². The number of primary amides is 1. The van der Waals surface area contributed by atoms with E-state index in [0.29, 0.717) is 0 Å². The molecule has 2 aromatic rings. The highest BCUT2D eigenvalue weighted by molar-refractivity contribution is 5.85. The van der Waals surface area contributed by atoms with Gasteiger partial charge >= 0.3 is 12.1 Å². The topological polar surface area (TPSA) is 108 Å². The fourth-order valence-corrected chi connectivity index (χ4v) is 3.18. The van der Waals surface area contributed by atoms with Gasteiger partial charge in [0.1, 0.15) is 19.3 Å². The molecule has 1 aliphatic rings. The second-order valence-corrected chi connectivity index (χ2v) is 6.23. The van der Waals surface area contributed by atoms with Gasteiger partial charge in [-0.25, -0.2) is 4.79 Å². The molecule has 0 aliphatic heterocycles. The van der Waals surface area contributed by atoms with E-state index in [9.17, 15) is 14.4 Å². The van der Waals surface area contributed by atoms with Gasteiger partial charge in [0.05, 0.1) is 0 Å². The van der Waals surface area contributed by atoms with Crippen LogP contribution in [0, 0.1) is 0 Å². The highest BCUT2D eigenvalue weighted by atomic mass is 16.6. The van der Waals surface area contributed by atoms with Gasteiger partial charge in [-0.05, 0) is 22.3 Å². The normalized spacial score (nSPS) is 13.2. The van der Waals surface area contributed by atoms with Crippen LogP contribution in [-0.2, 0) is 19.1 Å². The molecule has 2 amide bonds. The lowest BCUT2D eigenvalue weighted by molar-refractivity contribution is -0.142. The van der Waals surface area contributed by atoms with Crippen molar-refractivity contribution >= 4 is 18.0 Å². The third-order valence-electron chi connectivity index (χ3n) is 4.43. The van der Waals surface area contributed by atoms with E-state index >= 15 is 0 Å².